The first-order valence-corrected chi connectivity index (χ1v) is 46.2. The van der Waals surface area contributed by atoms with Gasteiger partial charge in [-0.05, 0) is 228 Å². The van der Waals surface area contributed by atoms with Crippen LogP contribution in [-0.4, -0.2) is 57.3 Å². The molecule has 9 heterocycles. The second kappa shape index (κ2) is 32.3. The largest absolute Gasteiger partial charge is 0.309 e. The minimum absolute atomic E-state index is 0.0900. The molecule has 0 spiro atoms. The van der Waals surface area contributed by atoms with Gasteiger partial charge in [-0.15, -0.1) is 0 Å². The van der Waals surface area contributed by atoms with E-state index in [4.69, 9.17) is 29.9 Å². The predicted octanol–water partition coefficient (Wildman–Crippen LogP) is 30.0. The Hall–Kier alpha value is -18.8. The number of nitriles is 3. The van der Waals surface area contributed by atoms with Gasteiger partial charge in [-0.3, -0.25) is 13.7 Å². The highest BCUT2D eigenvalue weighted by atomic mass is 15.2. The van der Waals surface area contributed by atoms with Crippen molar-refractivity contribution >= 4 is 164 Å². The highest BCUT2D eigenvalue weighted by Gasteiger charge is 2.26. The topological polar surface area (TPSA) is 178 Å². The Morgan fingerprint density at radius 3 is 0.703 bits per heavy atom. The maximum atomic E-state index is 9.95. The van der Waals surface area contributed by atoms with Crippen LogP contribution < -0.4 is 0 Å². The predicted molar refractivity (Wildman–Crippen MR) is 563 cm³/mol. The molecule has 9 aromatic heterocycles. The molecule has 0 aliphatic heterocycles. The minimum Gasteiger partial charge on any atom is -0.309 e. The molecule has 138 heavy (non-hydrogen) atoms. The summed E-state index contributed by atoms with van der Waals surface area (Å²) in [6, 6.07) is 147. The van der Waals surface area contributed by atoms with Gasteiger partial charge in [0, 0.05) is 97.9 Å². The van der Waals surface area contributed by atoms with E-state index in [2.05, 4.69) is 390 Å². The molecule has 15 heteroatoms. The summed E-state index contributed by atoms with van der Waals surface area (Å²) in [4.78, 5) is 28.9. The summed E-state index contributed by atoms with van der Waals surface area (Å²) in [7, 11) is 0. The molecule has 0 amide bonds. The number of rotatable bonds is 9. The molecule has 0 bridgehead atoms. The highest BCUT2D eigenvalue weighted by molar-refractivity contribution is 6.17. The average Bonchev–Trinajstić information content (AvgIpc) is 1.58. The Balaban J connectivity index is 0.000000110. The lowest BCUT2D eigenvalue weighted by atomic mass is 9.87. The molecule has 0 atom stereocenters. The van der Waals surface area contributed by atoms with Crippen LogP contribution in [0, 0.1) is 47.8 Å². The van der Waals surface area contributed by atoms with E-state index in [0.717, 1.165) is 149 Å². The van der Waals surface area contributed by atoms with Crippen LogP contribution in [0.15, 0.2) is 400 Å². The van der Waals surface area contributed by atoms with E-state index in [1.165, 1.54) is 82.1 Å². The molecule has 0 aliphatic rings. The van der Waals surface area contributed by atoms with Gasteiger partial charge in [-0.1, -0.05) is 262 Å². The zero-order chi connectivity index (χ0) is 92.7. The van der Waals surface area contributed by atoms with E-state index < -0.39 is 0 Å². The molecule has 0 saturated carbocycles. The van der Waals surface area contributed by atoms with Crippen molar-refractivity contribution in [2.24, 2.45) is 0 Å². The number of hydrogen-bond acceptors (Lipinski definition) is 9. The van der Waals surface area contributed by atoms with E-state index in [1.807, 2.05) is 91.0 Å². The van der Waals surface area contributed by atoms with Gasteiger partial charge in [0.15, 0.2) is 17.1 Å². The van der Waals surface area contributed by atoms with Crippen molar-refractivity contribution in [1.29, 1.82) is 15.8 Å². The molecule has 18 aromatic carbocycles. The zero-order valence-electron chi connectivity index (χ0n) is 75.8. The summed E-state index contributed by atoms with van der Waals surface area (Å²) in [5.41, 5.74) is 30.6. The maximum Gasteiger partial charge on any atom is 0.236 e. The number of aromatic nitrogens is 12. The zero-order valence-corrected chi connectivity index (χ0v) is 75.8. The van der Waals surface area contributed by atoms with E-state index in [9.17, 15) is 15.8 Å². The maximum absolute atomic E-state index is 9.95. The highest BCUT2D eigenvalue weighted by Crippen LogP contribution is 2.45. The van der Waals surface area contributed by atoms with Crippen LogP contribution >= 0.6 is 0 Å². The van der Waals surface area contributed by atoms with Gasteiger partial charge in [0.1, 0.15) is 18.2 Å². The third-order valence-corrected chi connectivity index (χ3v) is 27.3. The summed E-state index contributed by atoms with van der Waals surface area (Å²) >= 11 is 0. The lowest BCUT2D eigenvalue weighted by Gasteiger charge is -2.19. The van der Waals surface area contributed by atoms with Crippen LogP contribution in [0.5, 0.6) is 0 Å². The molecule has 648 valence electrons. The van der Waals surface area contributed by atoms with Crippen LogP contribution in [0.25, 0.3) is 232 Å². The molecule has 27 rings (SSSR count). The van der Waals surface area contributed by atoms with Crippen molar-refractivity contribution in [2.45, 2.75) is 40.0 Å². The van der Waals surface area contributed by atoms with E-state index in [-0.39, 0.29) is 5.41 Å². The molecule has 0 unspecified atom stereocenters. The minimum atomic E-state index is 0.0900. The fraction of sp³-hybridized carbons (Fsp3) is 0.0488. The second-order valence-corrected chi connectivity index (χ2v) is 36.5. The summed E-state index contributed by atoms with van der Waals surface area (Å²) in [6.07, 6.45) is 0. The van der Waals surface area contributed by atoms with Crippen LogP contribution in [0.1, 0.15) is 54.5 Å². The average molecular weight is 1770 g/mol. The normalized spacial score (nSPS) is 11.8. The molecule has 0 aliphatic carbocycles. The van der Waals surface area contributed by atoms with Crippen molar-refractivity contribution in [3.63, 3.8) is 0 Å². The third kappa shape index (κ3) is 13.4. The summed E-state index contributed by atoms with van der Waals surface area (Å²) in [5.74, 6) is 1.48. The number of fused-ring (bicyclic) bond motifs is 21. The Bertz CT molecular complexity index is 9900. The smallest absolute Gasteiger partial charge is 0.236 e. The number of para-hydroxylation sites is 9. The Morgan fingerprint density at radius 1 is 0.196 bits per heavy atom. The van der Waals surface area contributed by atoms with E-state index in [1.54, 1.807) is 0 Å². The number of benzene rings is 18. The van der Waals surface area contributed by atoms with Gasteiger partial charge < -0.3 is 13.7 Å². The lowest BCUT2D eigenvalue weighted by molar-refractivity contribution is 0.590. The second-order valence-electron chi connectivity index (χ2n) is 36.5. The third-order valence-electron chi connectivity index (χ3n) is 27.3. The van der Waals surface area contributed by atoms with Crippen LogP contribution in [0.4, 0.5) is 0 Å². The van der Waals surface area contributed by atoms with Gasteiger partial charge in [-0.25, -0.2) is 29.9 Å². The van der Waals surface area contributed by atoms with Gasteiger partial charge >= 0.3 is 0 Å². The van der Waals surface area contributed by atoms with Crippen molar-refractivity contribution in [1.82, 2.24) is 57.3 Å². The summed E-state index contributed by atoms with van der Waals surface area (Å²) < 4.78 is 13.3. The van der Waals surface area contributed by atoms with Crippen molar-refractivity contribution < 1.29 is 0 Å². The molecule has 0 saturated heterocycles. The van der Waals surface area contributed by atoms with Crippen molar-refractivity contribution in [2.75, 3.05) is 0 Å². The Morgan fingerprint density at radius 2 is 0.413 bits per heavy atom. The SMILES string of the molecule is CC(C)(C)c1ccc(-n2c3ccccc3c3ccc(-c4ccc5c(c4)c4ccccc4n5-c4nc(C#N)c5ccccc5n4)cc32)cc1.Cc1ccc(-n2c3ccccc3c3cc(-c4ccc5c(c4)c4ccccc4n5-c4nc(C#N)c5ccccc5n4)ccc32)cc1.Cc1ccc(-n2c3ccccc3c3ccc(-c4ccc5c(c4)c4ccccc4n5-c4nc(C#N)c5ccccc5n4)cc32)cc1. The van der Waals surface area contributed by atoms with Crippen LogP contribution in [0.2, 0.25) is 0 Å². The van der Waals surface area contributed by atoms with Gasteiger partial charge in [0.05, 0.1) is 82.8 Å². The first-order valence-electron chi connectivity index (χ1n) is 46.2. The number of hydrogen-bond donors (Lipinski definition) is 0. The fourth-order valence-corrected chi connectivity index (χ4v) is 20.6. The lowest BCUT2D eigenvalue weighted by Crippen LogP contribution is -2.10. The summed E-state index contributed by atoms with van der Waals surface area (Å²) in [5, 5.41) is 46.1. The first-order chi connectivity index (χ1) is 67.7. The monoisotopic (exact) mass is 1770 g/mol. The van der Waals surface area contributed by atoms with Crippen molar-refractivity contribution in [3.05, 3.63) is 434 Å². The van der Waals surface area contributed by atoms with E-state index in [0.29, 0.717) is 34.9 Å². The standard InChI is InChI=1S/C43H31N5.2C40H25N5/c1-43(2,3)29-18-20-30(21-19-29)47-38-14-8-5-10-31(38)33-22-16-28(25-41(33)47)27-17-23-40-35(24-27)32-11-6-9-15-39(32)48(40)42-45-36-13-7-4-12-34(36)37(26-44)46-42;1-25-14-18-28(19-15-25)44-36-12-6-3-8-29(36)31-20-16-27(23-39(31)44)26-17-21-38-33(22-26)30-9-4-7-13-37(30)45(38)40-42-34-11-5-2-10-32(34)35(24-41)43-40;1-25-14-18-28(19-15-25)44-36-12-6-3-8-29(36)32-22-26(16-20-38(32)44)27-17-21-39-33(23-27)30-9-4-7-13-37(30)45(39)40-42-34-11-5-2-10-31(34)35(24-41)43-40/h4-25H,1-3H3;2*2-23H,1H3. The fourth-order valence-electron chi connectivity index (χ4n) is 20.6. The van der Waals surface area contributed by atoms with Gasteiger partial charge in [0.25, 0.3) is 0 Å². The van der Waals surface area contributed by atoms with Crippen LogP contribution in [0.3, 0.4) is 0 Å². The molecule has 0 radical (unpaired) electrons. The molecule has 15 nitrogen and oxygen atoms in total. The number of aryl methyl sites for hydroxylation is 2. The first kappa shape index (κ1) is 81.3. The number of nitrogens with zero attached hydrogens (tertiary/aromatic N) is 15. The molecule has 27 aromatic rings. The molecule has 0 fully saturated rings. The molecule has 0 N–H and O–H groups in total. The summed E-state index contributed by atoms with van der Waals surface area (Å²) in [6.45, 7) is 11.0. The quantitative estimate of drug-likeness (QED) is 0.136. The Kier molecular flexibility index (Phi) is 19.0. The molecular weight excluding hydrogens is 1690 g/mol. The van der Waals surface area contributed by atoms with Crippen molar-refractivity contribution in [3.8, 4) is 86.5 Å². The van der Waals surface area contributed by atoms with E-state index >= 15 is 0 Å². The van der Waals surface area contributed by atoms with Gasteiger partial charge in [-0.2, -0.15) is 15.8 Å². The van der Waals surface area contributed by atoms with Crippen LogP contribution in [-0.2, 0) is 5.41 Å². The Labute approximate surface area is 792 Å². The van der Waals surface area contributed by atoms with Gasteiger partial charge in [0.2, 0.25) is 17.8 Å². The molecular formula is C123H81N15.